The molecule has 0 aliphatic carbocycles. The standard InChI is InChI=1S/C18H22N2O4S2/c1-15-8-9-17(14-18(15)20-11-5-12-26(20,23)24)19-25(21,22)13-10-16-6-3-2-4-7-16/h2-4,6-9,14,19H,5,10-13H2,1H3. The van der Waals surface area contributed by atoms with Gasteiger partial charge in [0.05, 0.1) is 22.9 Å². The van der Waals surface area contributed by atoms with E-state index in [4.69, 9.17) is 0 Å². The van der Waals surface area contributed by atoms with E-state index in [2.05, 4.69) is 4.72 Å². The van der Waals surface area contributed by atoms with Crippen LogP contribution < -0.4 is 9.03 Å². The second-order valence-electron chi connectivity index (χ2n) is 6.40. The first-order valence-corrected chi connectivity index (χ1v) is 11.7. The third-order valence-corrected chi connectivity index (χ3v) is 7.50. The van der Waals surface area contributed by atoms with Crippen LogP contribution in [0.25, 0.3) is 0 Å². The van der Waals surface area contributed by atoms with E-state index in [0.29, 0.717) is 30.8 Å². The number of nitrogens with one attached hydrogen (secondary N) is 1. The molecule has 0 spiro atoms. The van der Waals surface area contributed by atoms with Crippen molar-refractivity contribution in [3.8, 4) is 0 Å². The Morgan fingerprint density at radius 3 is 2.50 bits per heavy atom. The zero-order chi connectivity index (χ0) is 18.8. The molecule has 0 bridgehead atoms. The number of hydrogen-bond donors (Lipinski definition) is 1. The van der Waals surface area contributed by atoms with E-state index in [9.17, 15) is 16.8 Å². The molecule has 2 aromatic rings. The molecule has 3 rings (SSSR count). The fraction of sp³-hybridized carbons (Fsp3) is 0.333. The lowest BCUT2D eigenvalue weighted by Crippen LogP contribution is -2.26. The van der Waals surface area contributed by atoms with Crippen molar-refractivity contribution in [2.45, 2.75) is 19.8 Å². The van der Waals surface area contributed by atoms with Gasteiger partial charge < -0.3 is 0 Å². The highest BCUT2D eigenvalue weighted by atomic mass is 32.2. The molecule has 1 aliphatic heterocycles. The highest BCUT2D eigenvalue weighted by Crippen LogP contribution is 2.30. The lowest BCUT2D eigenvalue weighted by Gasteiger charge is -2.20. The number of benzene rings is 2. The van der Waals surface area contributed by atoms with Gasteiger partial charge in [0.2, 0.25) is 20.0 Å². The second kappa shape index (κ2) is 7.28. The van der Waals surface area contributed by atoms with E-state index in [1.807, 2.05) is 37.3 Å². The molecule has 26 heavy (non-hydrogen) atoms. The Morgan fingerprint density at radius 1 is 1.12 bits per heavy atom. The first-order chi connectivity index (χ1) is 12.3. The van der Waals surface area contributed by atoms with Gasteiger partial charge in [-0.05, 0) is 43.0 Å². The molecular weight excluding hydrogens is 372 g/mol. The summed E-state index contributed by atoms with van der Waals surface area (Å²) in [6.45, 7) is 2.24. The zero-order valence-corrected chi connectivity index (χ0v) is 16.2. The predicted molar refractivity (Wildman–Crippen MR) is 104 cm³/mol. The minimum atomic E-state index is -3.53. The van der Waals surface area contributed by atoms with Crippen LogP contribution in [0.4, 0.5) is 11.4 Å². The van der Waals surface area contributed by atoms with E-state index in [0.717, 1.165) is 11.1 Å². The maximum atomic E-state index is 12.4. The third-order valence-electron chi connectivity index (χ3n) is 4.35. The third kappa shape index (κ3) is 4.37. The number of rotatable bonds is 6. The smallest absolute Gasteiger partial charge is 0.235 e. The van der Waals surface area contributed by atoms with Crippen LogP contribution >= 0.6 is 0 Å². The van der Waals surface area contributed by atoms with Crippen LogP contribution in [0.2, 0.25) is 0 Å². The Bertz CT molecular complexity index is 987. The average Bonchev–Trinajstić information content (AvgIpc) is 2.95. The van der Waals surface area contributed by atoms with Gasteiger partial charge in [0.1, 0.15) is 0 Å². The quantitative estimate of drug-likeness (QED) is 0.816. The van der Waals surface area contributed by atoms with Gasteiger partial charge in [-0.1, -0.05) is 36.4 Å². The van der Waals surface area contributed by atoms with Crippen LogP contribution in [-0.4, -0.2) is 34.9 Å². The monoisotopic (exact) mass is 394 g/mol. The van der Waals surface area contributed by atoms with Crippen LogP contribution in [0.5, 0.6) is 0 Å². The van der Waals surface area contributed by atoms with E-state index in [1.165, 1.54) is 4.31 Å². The molecule has 140 valence electrons. The van der Waals surface area contributed by atoms with Crippen molar-refractivity contribution in [1.29, 1.82) is 0 Å². The molecule has 0 atom stereocenters. The van der Waals surface area contributed by atoms with Gasteiger partial charge in [-0.2, -0.15) is 0 Å². The Hall–Kier alpha value is -2.06. The van der Waals surface area contributed by atoms with Crippen LogP contribution in [0.15, 0.2) is 48.5 Å². The zero-order valence-electron chi connectivity index (χ0n) is 14.6. The van der Waals surface area contributed by atoms with Gasteiger partial charge in [0, 0.05) is 6.54 Å². The van der Waals surface area contributed by atoms with Gasteiger partial charge in [-0.15, -0.1) is 0 Å². The van der Waals surface area contributed by atoms with E-state index >= 15 is 0 Å². The summed E-state index contributed by atoms with van der Waals surface area (Å²) in [6, 6.07) is 14.4. The Labute approximate surface area is 155 Å². The topological polar surface area (TPSA) is 83.6 Å². The van der Waals surface area contributed by atoms with Gasteiger partial charge >= 0.3 is 0 Å². The molecule has 1 N–H and O–H groups in total. The average molecular weight is 395 g/mol. The summed E-state index contributed by atoms with van der Waals surface area (Å²) in [5.41, 5.74) is 2.65. The highest BCUT2D eigenvalue weighted by Gasteiger charge is 2.29. The summed E-state index contributed by atoms with van der Waals surface area (Å²) in [5.74, 6) is 0.0850. The van der Waals surface area contributed by atoms with Gasteiger partial charge in [0.25, 0.3) is 0 Å². The van der Waals surface area contributed by atoms with Crippen LogP contribution in [0.1, 0.15) is 17.5 Å². The molecule has 0 aromatic heterocycles. The number of nitrogens with zero attached hydrogens (tertiary/aromatic N) is 1. The van der Waals surface area contributed by atoms with Crippen molar-refractivity contribution < 1.29 is 16.8 Å². The highest BCUT2D eigenvalue weighted by molar-refractivity contribution is 7.93. The lowest BCUT2D eigenvalue weighted by atomic mass is 10.2. The summed E-state index contributed by atoms with van der Waals surface area (Å²) < 4.78 is 53.0. The minimum Gasteiger partial charge on any atom is -0.283 e. The summed E-state index contributed by atoms with van der Waals surface area (Å²) in [7, 11) is -6.85. The first-order valence-electron chi connectivity index (χ1n) is 8.42. The maximum Gasteiger partial charge on any atom is 0.235 e. The van der Waals surface area contributed by atoms with Crippen LogP contribution in [-0.2, 0) is 26.5 Å². The second-order valence-corrected chi connectivity index (χ2v) is 10.3. The Kier molecular flexibility index (Phi) is 5.24. The van der Waals surface area contributed by atoms with Crippen molar-refractivity contribution >= 4 is 31.4 Å². The summed E-state index contributed by atoms with van der Waals surface area (Å²) >= 11 is 0. The molecule has 6 nitrogen and oxygen atoms in total. The summed E-state index contributed by atoms with van der Waals surface area (Å²) in [4.78, 5) is 0. The Balaban J connectivity index is 1.76. The van der Waals surface area contributed by atoms with Crippen molar-refractivity contribution in [1.82, 2.24) is 0 Å². The normalized spacial score (nSPS) is 16.6. The van der Waals surface area contributed by atoms with E-state index in [1.54, 1.807) is 18.2 Å². The molecule has 2 aromatic carbocycles. The molecule has 8 heteroatoms. The lowest BCUT2D eigenvalue weighted by molar-refractivity contribution is 0.598. The van der Waals surface area contributed by atoms with Gasteiger partial charge in [-0.25, -0.2) is 16.8 Å². The SMILES string of the molecule is Cc1ccc(NS(=O)(=O)CCc2ccccc2)cc1N1CCCS1(=O)=O. The summed E-state index contributed by atoms with van der Waals surface area (Å²) in [5, 5.41) is 0. The Morgan fingerprint density at radius 2 is 1.85 bits per heavy atom. The number of hydrogen-bond acceptors (Lipinski definition) is 4. The fourth-order valence-electron chi connectivity index (χ4n) is 2.98. The molecule has 0 saturated carbocycles. The van der Waals surface area contributed by atoms with E-state index in [-0.39, 0.29) is 11.5 Å². The van der Waals surface area contributed by atoms with E-state index < -0.39 is 20.0 Å². The van der Waals surface area contributed by atoms with Gasteiger partial charge in [-0.3, -0.25) is 9.03 Å². The molecule has 1 fully saturated rings. The fourth-order valence-corrected chi connectivity index (χ4v) is 5.69. The van der Waals surface area contributed by atoms with Crippen LogP contribution in [0, 0.1) is 6.92 Å². The molecule has 1 heterocycles. The predicted octanol–water partition coefficient (Wildman–Crippen LogP) is 2.52. The molecule has 1 saturated heterocycles. The van der Waals surface area contributed by atoms with Crippen molar-refractivity contribution in [2.75, 3.05) is 27.1 Å². The minimum absolute atomic E-state index is 0.0394. The number of anilines is 2. The molecule has 0 radical (unpaired) electrons. The maximum absolute atomic E-state index is 12.4. The summed E-state index contributed by atoms with van der Waals surface area (Å²) in [6.07, 6.45) is 0.990. The van der Waals surface area contributed by atoms with Gasteiger partial charge in [0.15, 0.2) is 0 Å². The van der Waals surface area contributed by atoms with Crippen molar-refractivity contribution in [3.63, 3.8) is 0 Å². The van der Waals surface area contributed by atoms with Crippen LogP contribution in [0.3, 0.4) is 0 Å². The molecule has 0 amide bonds. The number of sulfonamides is 2. The first kappa shape index (κ1) is 18.7. The van der Waals surface area contributed by atoms with Crippen molar-refractivity contribution in [2.24, 2.45) is 0 Å². The number of aryl methyl sites for hydroxylation is 2. The molecule has 0 unspecified atom stereocenters. The van der Waals surface area contributed by atoms with Crippen molar-refractivity contribution in [3.05, 3.63) is 59.7 Å². The molecular formula is C18H22N2O4S2. The molecule has 1 aliphatic rings. The largest absolute Gasteiger partial charge is 0.283 e.